The first-order valence-electron chi connectivity index (χ1n) is 10.5. The minimum Gasteiger partial charge on any atom is -0.493 e. The van der Waals surface area contributed by atoms with Crippen LogP contribution in [0.1, 0.15) is 19.4 Å². The fourth-order valence-electron chi connectivity index (χ4n) is 3.36. The molecule has 0 saturated carbocycles. The van der Waals surface area contributed by atoms with E-state index in [1.165, 1.54) is 6.21 Å². The molecule has 0 fully saturated rings. The van der Waals surface area contributed by atoms with E-state index in [1.807, 2.05) is 13.8 Å². The second kappa shape index (κ2) is 9.40. The number of rotatable bonds is 6. The summed E-state index contributed by atoms with van der Waals surface area (Å²) >= 11 is 0. The molecule has 7 nitrogen and oxygen atoms in total. The van der Waals surface area contributed by atoms with Crippen LogP contribution in [0.5, 0.6) is 11.6 Å². The van der Waals surface area contributed by atoms with E-state index in [1.54, 1.807) is 84.9 Å². The smallest absolute Gasteiger partial charge is 0.343 e. The molecule has 0 amide bonds. The molecule has 1 heterocycles. The van der Waals surface area contributed by atoms with Gasteiger partial charge >= 0.3 is 5.69 Å². The Hall–Kier alpha value is -4.39. The fourth-order valence-corrected chi connectivity index (χ4v) is 3.36. The Morgan fingerprint density at radius 3 is 1.91 bits per heavy atom. The molecule has 0 radical (unpaired) electrons. The number of aromatic hydroxyl groups is 1. The van der Waals surface area contributed by atoms with E-state index < -0.39 is 17.1 Å². The maximum absolute atomic E-state index is 13.3. The zero-order valence-corrected chi connectivity index (χ0v) is 18.3. The van der Waals surface area contributed by atoms with E-state index in [0.29, 0.717) is 22.8 Å². The highest BCUT2D eigenvalue weighted by molar-refractivity contribution is 5.84. The Morgan fingerprint density at radius 2 is 1.36 bits per heavy atom. The van der Waals surface area contributed by atoms with Gasteiger partial charge in [0.1, 0.15) is 11.3 Å². The van der Waals surface area contributed by atoms with Gasteiger partial charge in [-0.25, -0.2) is 13.9 Å². The van der Waals surface area contributed by atoms with Crippen LogP contribution in [0.3, 0.4) is 0 Å². The highest BCUT2D eigenvalue weighted by atomic mass is 16.5. The zero-order chi connectivity index (χ0) is 23.4. The first-order chi connectivity index (χ1) is 16.0. The van der Waals surface area contributed by atoms with E-state index in [9.17, 15) is 14.7 Å². The standard InChI is InChI=1S/C26H23N3O4/c1-18(2)33-22-15-13-19(14-16-22)27-17-23-24(30)28(20-9-5-3-6-10-20)26(32)29(25(23)31)21-11-7-4-8-12-21/h3-18,30H,1-2H3. The van der Waals surface area contributed by atoms with Crippen molar-refractivity contribution >= 4 is 11.9 Å². The molecule has 0 bridgehead atoms. The van der Waals surface area contributed by atoms with Crippen LogP contribution in [-0.4, -0.2) is 26.6 Å². The third-order valence-electron chi connectivity index (χ3n) is 4.85. The van der Waals surface area contributed by atoms with Gasteiger partial charge < -0.3 is 9.84 Å². The van der Waals surface area contributed by atoms with Gasteiger partial charge in [0.2, 0.25) is 5.88 Å². The molecular weight excluding hydrogens is 418 g/mol. The highest BCUT2D eigenvalue weighted by Gasteiger charge is 2.19. The largest absolute Gasteiger partial charge is 0.493 e. The summed E-state index contributed by atoms with van der Waals surface area (Å²) in [5, 5.41) is 10.9. The third-order valence-corrected chi connectivity index (χ3v) is 4.85. The van der Waals surface area contributed by atoms with E-state index in [-0.39, 0.29) is 11.7 Å². The van der Waals surface area contributed by atoms with E-state index in [2.05, 4.69) is 4.99 Å². The summed E-state index contributed by atoms with van der Waals surface area (Å²) in [5.41, 5.74) is -0.0726. The van der Waals surface area contributed by atoms with Crippen LogP contribution >= 0.6 is 0 Å². The van der Waals surface area contributed by atoms with Gasteiger partial charge in [0, 0.05) is 6.21 Å². The molecule has 0 atom stereocenters. The van der Waals surface area contributed by atoms with Crippen molar-refractivity contribution in [2.75, 3.05) is 0 Å². The number of aromatic nitrogens is 2. The first-order valence-corrected chi connectivity index (χ1v) is 10.5. The number of ether oxygens (including phenoxy) is 1. The van der Waals surface area contributed by atoms with Gasteiger partial charge in [-0.05, 0) is 62.4 Å². The maximum Gasteiger partial charge on any atom is 0.343 e. The Labute approximate surface area is 190 Å². The molecule has 1 aromatic heterocycles. The van der Waals surface area contributed by atoms with Crippen molar-refractivity contribution in [2.45, 2.75) is 20.0 Å². The first kappa shape index (κ1) is 21.8. The summed E-state index contributed by atoms with van der Waals surface area (Å²) in [6.07, 6.45) is 1.32. The zero-order valence-electron chi connectivity index (χ0n) is 18.3. The molecule has 0 unspecified atom stereocenters. The molecule has 0 aliphatic carbocycles. The van der Waals surface area contributed by atoms with E-state index >= 15 is 0 Å². The van der Waals surface area contributed by atoms with Crippen molar-refractivity contribution in [3.05, 3.63) is 111 Å². The molecule has 0 aliphatic rings. The minimum absolute atomic E-state index is 0.0480. The summed E-state index contributed by atoms with van der Waals surface area (Å²) in [6.45, 7) is 3.88. The molecule has 4 rings (SSSR count). The number of nitrogens with zero attached hydrogens (tertiary/aromatic N) is 3. The topological polar surface area (TPSA) is 85.8 Å². The van der Waals surface area contributed by atoms with E-state index in [0.717, 1.165) is 9.13 Å². The molecule has 33 heavy (non-hydrogen) atoms. The predicted octanol–water partition coefficient (Wildman–Crippen LogP) is 4.23. The number of aliphatic imine (C=N–C) groups is 1. The third kappa shape index (κ3) is 4.62. The molecular formula is C26H23N3O4. The molecule has 3 aromatic carbocycles. The van der Waals surface area contributed by atoms with Crippen molar-refractivity contribution in [1.82, 2.24) is 9.13 Å². The second-order valence-corrected chi connectivity index (χ2v) is 7.59. The summed E-state index contributed by atoms with van der Waals surface area (Å²) in [5.74, 6) is 0.225. The average molecular weight is 441 g/mol. The summed E-state index contributed by atoms with van der Waals surface area (Å²) in [4.78, 5) is 30.9. The summed E-state index contributed by atoms with van der Waals surface area (Å²) in [6, 6.07) is 24.2. The van der Waals surface area contributed by atoms with Crippen LogP contribution in [0.15, 0.2) is 99.5 Å². The van der Waals surface area contributed by atoms with Crippen LogP contribution < -0.4 is 16.0 Å². The number of hydrogen-bond acceptors (Lipinski definition) is 5. The normalized spacial score (nSPS) is 11.2. The van der Waals surface area contributed by atoms with Gasteiger partial charge in [-0.1, -0.05) is 36.4 Å². The molecule has 7 heteroatoms. The molecule has 1 N–H and O–H groups in total. The number of para-hydroxylation sites is 2. The Morgan fingerprint density at radius 1 is 0.818 bits per heavy atom. The lowest BCUT2D eigenvalue weighted by Gasteiger charge is -2.14. The molecule has 0 aliphatic heterocycles. The second-order valence-electron chi connectivity index (χ2n) is 7.59. The van der Waals surface area contributed by atoms with Crippen LogP contribution in [0.2, 0.25) is 0 Å². The van der Waals surface area contributed by atoms with E-state index in [4.69, 9.17) is 4.74 Å². The van der Waals surface area contributed by atoms with Gasteiger partial charge in [0.15, 0.2) is 0 Å². The van der Waals surface area contributed by atoms with Crippen molar-refractivity contribution in [1.29, 1.82) is 0 Å². The predicted molar refractivity (Wildman–Crippen MR) is 129 cm³/mol. The molecule has 0 saturated heterocycles. The minimum atomic E-state index is -0.678. The van der Waals surface area contributed by atoms with Crippen molar-refractivity contribution in [3.63, 3.8) is 0 Å². The van der Waals surface area contributed by atoms with Gasteiger partial charge in [-0.3, -0.25) is 9.79 Å². The van der Waals surface area contributed by atoms with Crippen LogP contribution in [0.4, 0.5) is 5.69 Å². The van der Waals surface area contributed by atoms with Crippen molar-refractivity contribution < 1.29 is 9.84 Å². The van der Waals surface area contributed by atoms with Crippen LogP contribution in [-0.2, 0) is 0 Å². The highest BCUT2D eigenvalue weighted by Crippen LogP contribution is 2.21. The maximum atomic E-state index is 13.3. The van der Waals surface area contributed by atoms with Gasteiger partial charge in [0.05, 0.1) is 23.2 Å². The number of hydrogen-bond donors (Lipinski definition) is 1. The Bertz CT molecular complexity index is 1390. The summed E-state index contributed by atoms with van der Waals surface area (Å²) < 4.78 is 7.74. The van der Waals surface area contributed by atoms with Gasteiger partial charge in [-0.2, -0.15) is 0 Å². The van der Waals surface area contributed by atoms with Crippen LogP contribution in [0.25, 0.3) is 11.4 Å². The fraction of sp³-hybridized carbons (Fsp3) is 0.115. The lowest BCUT2D eigenvalue weighted by atomic mass is 10.2. The molecule has 0 spiro atoms. The Balaban J connectivity index is 1.87. The SMILES string of the molecule is CC(C)Oc1ccc(N=Cc2c(O)n(-c3ccccc3)c(=O)n(-c3ccccc3)c2=O)cc1. The van der Waals surface area contributed by atoms with Gasteiger partial charge in [0.25, 0.3) is 5.56 Å². The van der Waals surface area contributed by atoms with Crippen molar-refractivity contribution in [3.8, 4) is 23.0 Å². The van der Waals surface area contributed by atoms with Gasteiger partial charge in [-0.15, -0.1) is 0 Å². The monoisotopic (exact) mass is 441 g/mol. The van der Waals surface area contributed by atoms with Crippen LogP contribution in [0, 0.1) is 0 Å². The lowest BCUT2D eigenvalue weighted by Crippen LogP contribution is -2.40. The lowest BCUT2D eigenvalue weighted by molar-refractivity contribution is 0.242. The molecule has 4 aromatic rings. The number of benzene rings is 3. The molecule has 166 valence electrons. The van der Waals surface area contributed by atoms with Crippen molar-refractivity contribution in [2.24, 2.45) is 4.99 Å². The quantitative estimate of drug-likeness (QED) is 0.454. The summed E-state index contributed by atoms with van der Waals surface area (Å²) in [7, 11) is 0. The Kier molecular flexibility index (Phi) is 6.22. The average Bonchev–Trinajstić information content (AvgIpc) is 2.81.